The average Bonchev–Trinajstić information content (AvgIpc) is 2.63. The molecule has 6 nitrogen and oxygen atoms in total. The predicted octanol–water partition coefficient (Wildman–Crippen LogP) is 1.08. The van der Waals surface area contributed by atoms with Crippen LogP contribution in [0, 0.1) is 0 Å². The number of ether oxygens (including phenoxy) is 2. The smallest absolute Gasteiger partial charge is 0.243 e. The number of rotatable bonds is 3. The molecule has 1 aromatic carbocycles. The fourth-order valence-corrected chi connectivity index (χ4v) is 3.79. The number of methoxy groups -OCH3 is 1. The van der Waals surface area contributed by atoms with Crippen molar-refractivity contribution in [1.82, 2.24) is 4.31 Å². The molecular weight excluding hydrogens is 280 g/mol. The van der Waals surface area contributed by atoms with Crippen LogP contribution in [0.4, 0.5) is 5.69 Å². The Balaban J connectivity index is 2.31. The number of benzene rings is 1. The molecule has 112 valence electrons. The Labute approximate surface area is 119 Å². The van der Waals surface area contributed by atoms with Crippen molar-refractivity contribution in [2.45, 2.75) is 24.3 Å². The second-order valence-electron chi connectivity index (χ2n) is 4.80. The van der Waals surface area contributed by atoms with Crippen LogP contribution in [0.3, 0.4) is 0 Å². The molecule has 1 aliphatic rings. The quantitative estimate of drug-likeness (QED) is 0.845. The van der Waals surface area contributed by atoms with E-state index in [1.807, 2.05) is 6.92 Å². The molecule has 1 unspecified atom stereocenters. The average molecular weight is 300 g/mol. The molecule has 1 atom stereocenters. The van der Waals surface area contributed by atoms with Gasteiger partial charge in [0.2, 0.25) is 10.0 Å². The Hall–Kier alpha value is -1.31. The largest absolute Gasteiger partial charge is 0.495 e. The van der Waals surface area contributed by atoms with Crippen molar-refractivity contribution in [3.8, 4) is 5.75 Å². The zero-order valence-corrected chi connectivity index (χ0v) is 12.5. The van der Waals surface area contributed by atoms with Crippen molar-refractivity contribution < 1.29 is 17.9 Å². The number of nitrogen functional groups attached to an aromatic ring is 1. The van der Waals surface area contributed by atoms with Crippen LogP contribution >= 0.6 is 0 Å². The number of hydrogen-bond donors (Lipinski definition) is 1. The molecule has 20 heavy (non-hydrogen) atoms. The lowest BCUT2D eigenvalue weighted by Crippen LogP contribution is -2.35. The van der Waals surface area contributed by atoms with E-state index in [0.717, 1.165) is 0 Å². The molecule has 0 aromatic heterocycles. The summed E-state index contributed by atoms with van der Waals surface area (Å²) in [5, 5.41) is 0. The molecule has 2 N–H and O–H groups in total. The van der Waals surface area contributed by atoms with Gasteiger partial charge in [-0.3, -0.25) is 0 Å². The molecule has 1 aliphatic heterocycles. The standard InChI is InChI=1S/C13H20N2O4S/c1-10-9-15(6-3-7-19-10)20(16,17)11-4-5-13(18-2)12(14)8-11/h4-5,8,10H,3,6-7,9,14H2,1-2H3. The minimum Gasteiger partial charge on any atom is -0.495 e. The molecular formula is C13H20N2O4S. The maximum absolute atomic E-state index is 12.6. The molecule has 0 radical (unpaired) electrons. The van der Waals surface area contributed by atoms with Crippen LogP contribution in [0.25, 0.3) is 0 Å². The topological polar surface area (TPSA) is 81.9 Å². The van der Waals surface area contributed by atoms with E-state index >= 15 is 0 Å². The van der Waals surface area contributed by atoms with Crippen LogP contribution in [0.15, 0.2) is 23.1 Å². The summed E-state index contributed by atoms with van der Waals surface area (Å²) in [6.07, 6.45) is 0.581. The van der Waals surface area contributed by atoms with Crippen LogP contribution in [-0.4, -0.2) is 45.6 Å². The first kappa shape index (κ1) is 15.1. The van der Waals surface area contributed by atoms with E-state index in [9.17, 15) is 8.42 Å². The highest BCUT2D eigenvalue weighted by Gasteiger charge is 2.28. The monoisotopic (exact) mass is 300 g/mol. The summed E-state index contributed by atoms with van der Waals surface area (Å²) in [4.78, 5) is 0.185. The van der Waals surface area contributed by atoms with Crippen LogP contribution in [0.2, 0.25) is 0 Å². The van der Waals surface area contributed by atoms with E-state index in [1.54, 1.807) is 6.07 Å². The van der Waals surface area contributed by atoms with Gasteiger partial charge in [0, 0.05) is 19.7 Å². The summed E-state index contributed by atoms with van der Waals surface area (Å²) in [7, 11) is -2.05. The molecule has 1 aromatic rings. The van der Waals surface area contributed by atoms with E-state index in [0.29, 0.717) is 37.6 Å². The number of nitrogens with zero attached hydrogens (tertiary/aromatic N) is 1. The van der Waals surface area contributed by atoms with Crippen molar-refractivity contribution in [1.29, 1.82) is 0 Å². The first-order valence-electron chi connectivity index (χ1n) is 6.50. The Morgan fingerprint density at radius 3 is 2.85 bits per heavy atom. The van der Waals surface area contributed by atoms with Crippen molar-refractivity contribution in [3.05, 3.63) is 18.2 Å². The first-order valence-corrected chi connectivity index (χ1v) is 7.94. The zero-order valence-electron chi connectivity index (χ0n) is 11.7. The molecule has 1 fully saturated rings. The highest BCUT2D eigenvalue weighted by Crippen LogP contribution is 2.27. The van der Waals surface area contributed by atoms with E-state index in [-0.39, 0.29) is 11.0 Å². The van der Waals surface area contributed by atoms with E-state index in [1.165, 1.54) is 23.5 Å². The second kappa shape index (κ2) is 5.99. The molecule has 0 bridgehead atoms. The summed E-state index contributed by atoms with van der Waals surface area (Å²) in [6, 6.07) is 4.52. The van der Waals surface area contributed by atoms with Gasteiger partial charge in [-0.2, -0.15) is 4.31 Å². The highest BCUT2D eigenvalue weighted by molar-refractivity contribution is 7.89. The maximum atomic E-state index is 12.6. The van der Waals surface area contributed by atoms with Gasteiger partial charge in [0.25, 0.3) is 0 Å². The second-order valence-corrected chi connectivity index (χ2v) is 6.74. The van der Waals surface area contributed by atoms with Gasteiger partial charge < -0.3 is 15.2 Å². The Morgan fingerprint density at radius 1 is 1.45 bits per heavy atom. The van der Waals surface area contributed by atoms with E-state index < -0.39 is 10.0 Å². The van der Waals surface area contributed by atoms with Crippen LogP contribution in [0.5, 0.6) is 5.75 Å². The van der Waals surface area contributed by atoms with Crippen molar-refractivity contribution >= 4 is 15.7 Å². The van der Waals surface area contributed by atoms with Crippen molar-refractivity contribution in [3.63, 3.8) is 0 Å². The summed E-state index contributed by atoms with van der Waals surface area (Å²) in [5.74, 6) is 0.469. The van der Waals surface area contributed by atoms with Crippen LogP contribution in [0.1, 0.15) is 13.3 Å². The predicted molar refractivity (Wildman–Crippen MR) is 76.2 cm³/mol. The van der Waals surface area contributed by atoms with Gasteiger partial charge in [0.15, 0.2) is 0 Å². The molecule has 0 spiro atoms. The number of anilines is 1. The number of hydrogen-bond acceptors (Lipinski definition) is 5. The van der Waals surface area contributed by atoms with Gasteiger partial charge in [-0.05, 0) is 31.5 Å². The molecule has 2 rings (SSSR count). The summed E-state index contributed by atoms with van der Waals surface area (Å²) in [5.41, 5.74) is 6.10. The minimum absolute atomic E-state index is 0.108. The minimum atomic E-state index is -3.55. The Bertz CT molecular complexity index is 574. The van der Waals surface area contributed by atoms with Crippen LogP contribution in [-0.2, 0) is 14.8 Å². The molecule has 0 amide bonds. The molecule has 0 saturated carbocycles. The third-order valence-electron chi connectivity index (χ3n) is 3.25. The molecule has 1 saturated heterocycles. The van der Waals surface area contributed by atoms with Gasteiger partial charge in [-0.1, -0.05) is 0 Å². The maximum Gasteiger partial charge on any atom is 0.243 e. The van der Waals surface area contributed by atoms with Gasteiger partial charge in [-0.25, -0.2) is 8.42 Å². The van der Waals surface area contributed by atoms with Crippen molar-refractivity contribution in [2.75, 3.05) is 32.5 Å². The lowest BCUT2D eigenvalue weighted by molar-refractivity contribution is 0.0752. The zero-order chi connectivity index (χ0) is 14.8. The van der Waals surface area contributed by atoms with E-state index in [2.05, 4.69) is 0 Å². The third-order valence-corrected chi connectivity index (χ3v) is 5.12. The normalized spacial score (nSPS) is 21.4. The third kappa shape index (κ3) is 3.05. The lowest BCUT2D eigenvalue weighted by Gasteiger charge is -2.22. The van der Waals surface area contributed by atoms with Gasteiger partial charge in [0.1, 0.15) is 5.75 Å². The highest BCUT2D eigenvalue weighted by atomic mass is 32.2. The number of sulfonamides is 1. The van der Waals surface area contributed by atoms with Crippen LogP contribution < -0.4 is 10.5 Å². The molecule has 0 aliphatic carbocycles. The summed E-state index contributed by atoms with van der Waals surface area (Å²) in [6.45, 7) is 3.26. The van der Waals surface area contributed by atoms with Gasteiger partial charge in [-0.15, -0.1) is 0 Å². The van der Waals surface area contributed by atoms with Crippen molar-refractivity contribution in [2.24, 2.45) is 0 Å². The first-order chi connectivity index (χ1) is 9.45. The lowest BCUT2D eigenvalue weighted by atomic mass is 10.3. The van der Waals surface area contributed by atoms with Gasteiger partial charge >= 0.3 is 0 Å². The molecule has 1 heterocycles. The fraction of sp³-hybridized carbons (Fsp3) is 0.538. The Morgan fingerprint density at radius 2 is 2.20 bits per heavy atom. The molecule has 7 heteroatoms. The summed E-state index contributed by atoms with van der Waals surface area (Å²) >= 11 is 0. The van der Waals surface area contributed by atoms with E-state index in [4.69, 9.17) is 15.2 Å². The fourth-order valence-electron chi connectivity index (χ4n) is 2.20. The Kier molecular flexibility index (Phi) is 4.52. The number of nitrogens with two attached hydrogens (primary N) is 1. The van der Waals surface area contributed by atoms with Gasteiger partial charge in [0.05, 0.1) is 23.8 Å². The summed E-state index contributed by atoms with van der Waals surface area (Å²) < 4.78 is 37.2. The SMILES string of the molecule is COc1ccc(S(=O)(=O)N2CCCOC(C)C2)cc1N.